The van der Waals surface area contributed by atoms with Crippen LogP contribution in [0.25, 0.3) is 0 Å². The second-order valence-electron chi connectivity index (χ2n) is 6.11. The molecule has 0 radical (unpaired) electrons. The molecule has 1 aromatic heterocycles. The third kappa shape index (κ3) is 4.16. The van der Waals surface area contributed by atoms with Crippen LogP contribution in [0, 0.1) is 5.92 Å². The lowest BCUT2D eigenvalue weighted by molar-refractivity contribution is 0.251. The van der Waals surface area contributed by atoms with E-state index in [4.69, 9.17) is 0 Å². The van der Waals surface area contributed by atoms with E-state index < -0.39 is 0 Å². The number of nitrogens with zero attached hydrogens (tertiary/aromatic N) is 3. The van der Waals surface area contributed by atoms with E-state index in [0.717, 1.165) is 31.4 Å². The molecule has 4 heteroatoms. The van der Waals surface area contributed by atoms with Crippen molar-refractivity contribution in [1.29, 1.82) is 0 Å². The molecule has 0 unspecified atom stereocenters. The van der Waals surface area contributed by atoms with Crippen molar-refractivity contribution in [3.63, 3.8) is 0 Å². The molecule has 2 heterocycles. The summed E-state index contributed by atoms with van der Waals surface area (Å²) in [5, 5.41) is 0. The minimum absolute atomic E-state index is 0.772. The second kappa shape index (κ2) is 6.87. The Bertz CT molecular complexity index is 523. The van der Waals surface area contributed by atoms with Crippen LogP contribution in [-0.4, -0.2) is 46.4 Å². The molecule has 0 saturated carbocycles. The minimum atomic E-state index is 0.772. The summed E-state index contributed by atoms with van der Waals surface area (Å²) >= 11 is 0. The number of aromatic amines is 1. The van der Waals surface area contributed by atoms with Crippen molar-refractivity contribution in [3.8, 4) is 0 Å². The van der Waals surface area contributed by atoms with Gasteiger partial charge in [0, 0.05) is 32.0 Å². The molecule has 2 aromatic rings. The van der Waals surface area contributed by atoms with Crippen LogP contribution in [0.1, 0.15) is 17.8 Å². The van der Waals surface area contributed by atoms with Crippen LogP contribution >= 0.6 is 0 Å². The van der Waals surface area contributed by atoms with Gasteiger partial charge in [-0.15, -0.1) is 0 Å². The highest BCUT2D eigenvalue weighted by Gasteiger charge is 2.23. The van der Waals surface area contributed by atoms with Crippen LogP contribution in [-0.2, 0) is 13.1 Å². The van der Waals surface area contributed by atoms with Crippen LogP contribution in [0.4, 0.5) is 0 Å². The van der Waals surface area contributed by atoms with Crippen LogP contribution in [0.15, 0.2) is 42.7 Å². The van der Waals surface area contributed by atoms with Gasteiger partial charge in [-0.1, -0.05) is 30.3 Å². The number of rotatable bonds is 6. The Morgan fingerprint density at radius 3 is 2.95 bits per heavy atom. The molecular formula is C17H24N4. The number of H-pyrrole nitrogens is 1. The van der Waals surface area contributed by atoms with Crippen molar-refractivity contribution in [3.05, 3.63) is 54.1 Å². The lowest BCUT2D eigenvalue weighted by Crippen LogP contribution is -2.28. The molecule has 21 heavy (non-hydrogen) atoms. The number of likely N-dealkylation sites (tertiary alicyclic amines) is 1. The monoisotopic (exact) mass is 284 g/mol. The normalized spacial score (nSPS) is 19.4. The SMILES string of the molecule is CN(Cc1ncc[nH]1)C[C@@H]1CCN(Cc2ccccc2)C1. The zero-order valence-corrected chi connectivity index (χ0v) is 12.7. The molecule has 1 fully saturated rings. The first-order valence-corrected chi connectivity index (χ1v) is 7.72. The summed E-state index contributed by atoms with van der Waals surface area (Å²) in [5.41, 5.74) is 1.42. The standard InChI is InChI=1S/C17H24N4/c1-20(14-17-18-8-9-19-17)11-16-7-10-21(13-16)12-15-5-3-2-4-6-15/h2-6,8-9,16H,7,10-14H2,1H3,(H,18,19)/t16-/m0/s1. The van der Waals surface area contributed by atoms with Crippen molar-refractivity contribution in [1.82, 2.24) is 19.8 Å². The van der Waals surface area contributed by atoms with Gasteiger partial charge >= 0.3 is 0 Å². The third-order valence-corrected chi connectivity index (χ3v) is 4.16. The van der Waals surface area contributed by atoms with Gasteiger partial charge in [0.25, 0.3) is 0 Å². The van der Waals surface area contributed by atoms with Gasteiger partial charge in [0.2, 0.25) is 0 Å². The molecule has 3 rings (SSSR count). The summed E-state index contributed by atoms with van der Waals surface area (Å²) in [6.07, 6.45) is 5.01. The highest BCUT2D eigenvalue weighted by atomic mass is 15.2. The molecule has 1 saturated heterocycles. The predicted molar refractivity (Wildman–Crippen MR) is 84.7 cm³/mol. The lowest BCUT2D eigenvalue weighted by atomic mass is 10.1. The molecular weight excluding hydrogens is 260 g/mol. The zero-order chi connectivity index (χ0) is 14.5. The summed E-state index contributed by atoms with van der Waals surface area (Å²) < 4.78 is 0. The Balaban J connectivity index is 1.44. The van der Waals surface area contributed by atoms with E-state index in [-0.39, 0.29) is 0 Å². The summed E-state index contributed by atoms with van der Waals surface area (Å²) in [4.78, 5) is 12.4. The topological polar surface area (TPSA) is 35.2 Å². The van der Waals surface area contributed by atoms with Gasteiger partial charge < -0.3 is 4.98 Å². The first-order chi connectivity index (χ1) is 10.3. The fourth-order valence-electron chi connectivity index (χ4n) is 3.19. The van der Waals surface area contributed by atoms with E-state index in [9.17, 15) is 0 Å². The van der Waals surface area contributed by atoms with Gasteiger partial charge in [-0.25, -0.2) is 4.98 Å². The van der Waals surface area contributed by atoms with E-state index in [0.29, 0.717) is 0 Å². The van der Waals surface area contributed by atoms with E-state index >= 15 is 0 Å². The van der Waals surface area contributed by atoms with Gasteiger partial charge in [-0.05, 0) is 31.5 Å². The Kier molecular flexibility index (Phi) is 4.68. The van der Waals surface area contributed by atoms with Crippen molar-refractivity contribution < 1.29 is 0 Å². The maximum atomic E-state index is 4.29. The van der Waals surface area contributed by atoms with E-state index in [1.54, 1.807) is 0 Å². The molecule has 1 aliphatic rings. The Hall–Kier alpha value is -1.65. The molecule has 1 aromatic carbocycles. The first kappa shape index (κ1) is 14.3. The van der Waals surface area contributed by atoms with E-state index in [1.165, 1.54) is 25.1 Å². The highest BCUT2D eigenvalue weighted by Crippen LogP contribution is 2.19. The molecule has 0 spiro atoms. The molecule has 0 aliphatic carbocycles. The number of aromatic nitrogens is 2. The quantitative estimate of drug-likeness (QED) is 0.884. The number of hydrogen-bond donors (Lipinski definition) is 1. The maximum absolute atomic E-state index is 4.29. The van der Waals surface area contributed by atoms with Crippen molar-refractivity contribution >= 4 is 0 Å². The predicted octanol–water partition coefficient (Wildman–Crippen LogP) is 2.36. The Morgan fingerprint density at radius 2 is 2.19 bits per heavy atom. The summed E-state index contributed by atoms with van der Waals surface area (Å²) in [5.74, 6) is 1.82. The van der Waals surface area contributed by atoms with Crippen molar-refractivity contribution in [2.45, 2.75) is 19.5 Å². The molecule has 0 bridgehead atoms. The second-order valence-corrected chi connectivity index (χ2v) is 6.11. The minimum Gasteiger partial charge on any atom is -0.348 e. The molecule has 4 nitrogen and oxygen atoms in total. The van der Waals surface area contributed by atoms with Crippen molar-refractivity contribution in [2.75, 3.05) is 26.7 Å². The third-order valence-electron chi connectivity index (χ3n) is 4.16. The van der Waals surface area contributed by atoms with Gasteiger partial charge in [-0.3, -0.25) is 9.80 Å². The van der Waals surface area contributed by atoms with Crippen molar-refractivity contribution in [2.24, 2.45) is 5.92 Å². The Labute approximate surface area is 126 Å². The van der Waals surface area contributed by atoms with Gasteiger partial charge in [0.05, 0.1) is 6.54 Å². The zero-order valence-electron chi connectivity index (χ0n) is 12.7. The maximum Gasteiger partial charge on any atom is 0.120 e. The average Bonchev–Trinajstić information content (AvgIpc) is 3.12. The fourth-order valence-corrected chi connectivity index (χ4v) is 3.19. The number of benzene rings is 1. The molecule has 1 N–H and O–H groups in total. The number of imidazole rings is 1. The summed E-state index contributed by atoms with van der Waals surface area (Å²) in [6.45, 7) is 5.55. The fraction of sp³-hybridized carbons (Fsp3) is 0.471. The van der Waals surface area contributed by atoms with Gasteiger partial charge in [0.1, 0.15) is 5.82 Å². The molecule has 1 atom stereocenters. The summed E-state index contributed by atoms with van der Waals surface area (Å²) in [6, 6.07) is 10.8. The smallest absolute Gasteiger partial charge is 0.120 e. The van der Waals surface area contributed by atoms with Gasteiger partial charge in [-0.2, -0.15) is 0 Å². The first-order valence-electron chi connectivity index (χ1n) is 7.72. The highest BCUT2D eigenvalue weighted by molar-refractivity contribution is 5.14. The number of nitrogens with one attached hydrogen (secondary N) is 1. The van der Waals surface area contributed by atoms with Crippen LogP contribution in [0.2, 0.25) is 0 Å². The Morgan fingerprint density at radius 1 is 1.33 bits per heavy atom. The van der Waals surface area contributed by atoms with Crippen LogP contribution in [0.5, 0.6) is 0 Å². The lowest BCUT2D eigenvalue weighted by Gasteiger charge is -2.20. The molecule has 0 amide bonds. The molecule has 112 valence electrons. The molecule has 1 aliphatic heterocycles. The van der Waals surface area contributed by atoms with E-state index in [1.807, 2.05) is 12.4 Å². The van der Waals surface area contributed by atoms with Crippen LogP contribution < -0.4 is 0 Å². The summed E-state index contributed by atoms with van der Waals surface area (Å²) in [7, 11) is 2.18. The average molecular weight is 284 g/mol. The van der Waals surface area contributed by atoms with E-state index in [2.05, 4.69) is 57.1 Å². The largest absolute Gasteiger partial charge is 0.348 e. The van der Waals surface area contributed by atoms with Crippen LogP contribution in [0.3, 0.4) is 0 Å². The number of hydrogen-bond acceptors (Lipinski definition) is 3. The van der Waals surface area contributed by atoms with Gasteiger partial charge in [0.15, 0.2) is 0 Å².